The number of carbonyl (C=O) groups excluding carboxylic acids is 2. The number of thiocarbonyl (C=S) groups is 1. The summed E-state index contributed by atoms with van der Waals surface area (Å²) in [4.78, 5) is 38.8. The van der Waals surface area contributed by atoms with Crippen LogP contribution in [0.1, 0.15) is 15.9 Å². The third-order valence-corrected chi connectivity index (χ3v) is 5.33. The maximum absolute atomic E-state index is 12.7. The average molecular weight is 413 g/mol. The van der Waals surface area contributed by atoms with E-state index < -0.39 is 16.7 Å². The summed E-state index contributed by atoms with van der Waals surface area (Å²) in [6, 6.07) is 12.6. The van der Waals surface area contributed by atoms with Gasteiger partial charge in [0.25, 0.3) is 17.5 Å². The fourth-order valence-corrected chi connectivity index (χ4v) is 3.77. The molecule has 1 aliphatic heterocycles. The Morgan fingerprint density at radius 3 is 2.29 bits per heavy atom. The van der Waals surface area contributed by atoms with Crippen LogP contribution >= 0.6 is 24.0 Å². The van der Waals surface area contributed by atoms with Gasteiger partial charge in [0, 0.05) is 37.5 Å². The molecule has 0 radical (unpaired) electrons. The summed E-state index contributed by atoms with van der Waals surface area (Å²) >= 11 is 6.25. The first-order valence-electron chi connectivity index (χ1n) is 8.12. The van der Waals surface area contributed by atoms with Crippen LogP contribution in [-0.2, 0) is 4.79 Å². The highest BCUT2D eigenvalue weighted by atomic mass is 32.2. The van der Waals surface area contributed by atoms with Crippen molar-refractivity contribution < 1.29 is 14.5 Å². The largest absolute Gasteiger partial charge is 0.378 e. The summed E-state index contributed by atoms with van der Waals surface area (Å²) in [5.74, 6) is -1.11. The molecule has 9 heteroatoms. The standard InChI is InChI=1S/C19H15N3O4S2/c1-20(2)14-7-3-12(4-8-14)11-16-18(24)21(19(27)28-16)17(23)13-5-9-15(10-6-13)22(25)26/h3-11H,1-2H3/b16-11+. The van der Waals surface area contributed by atoms with Crippen molar-refractivity contribution in [1.29, 1.82) is 0 Å². The molecular weight excluding hydrogens is 398 g/mol. The quantitative estimate of drug-likeness (QED) is 0.248. The summed E-state index contributed by atoms with van der Waals surface area (Å²) < 4.78 is 0.129. The zero-order valence-electron chi connectivity index (χ0n) is 15.0. The van der Waals surface area contributed by atoms with Crippen molar-refractivity contribution in [2.24, 2.45) is 0 Å². The van der Waals surface area contributed by atoms with Crippen molar-refractivity contribution in [3.63, 3.8) is 0 Å². The molecule has 0 aliphatic carbocycles. The van der Waals surface area contributed by atoms with Gasteiger partial charge in [-0.25, -0.2) is 4.90 Å². The van der Waals surface area contributed by atoms with E-state index in [2.05, 4.69) is 0 Å². The minimum atomic E-state index is -0.608. The molecule has 0 unspecified atom stereocenters. The molecule has 2 aromatic carbocycles. The third-order valence-electron chi connectivity index (χ3n) is 4.03. The Hall–Kier alpha value is -3.04. The summed E-state index contributed by atoms with van der Waals surface area (Å²) in [7, 11) is 3.87. The van der Waals surface area contributed by atoms with E-state index in [-0.39, 0.29) is 15.6 Å². The van der Waals surface area contributed by atoms with Crippen molar-refractivity contribution in [3.05, 3.63) is 74.7 Å². The zero-order valence-corrected chi connectivity index (χ0v) is 16.6. The number of imide groups is 1. The number of rotatable bonds is 4. The molecule has 0 bridgehead atoms. The molecule has 0 saturated carbocycles. The Balaban J connectivity index is 1.82. The van der Waals surface area contributed by atoms with E-state index in [0.717, 1.165) is 27.9 Å². The number of nitrogens with zero attached hydrogens (tertiary/aromatic N) is 3. The van der Waals surface area contributed by atoms with E-state index in [4.69, 9.17) is 12.2 Å². The number of amides is 2. The van der Waals surface area contributed by atoms with Gasteiger partial charge in [-0.3, -0.25) is 19.7 Å². The lowest BCUT2D eigenvalue weighted by Gasteiger charge is -2.12. The van der Waals surface area contributed by atoms with Crippen LogP contribution in [0.4, 0.5) is 11.4 Å². The number of non-ortho nitro benzene ring substituents is 1. The lowest BCUT2D eigenvalue weighted by atomic mass is 10.1. The molecule has 2 aromatic rings. The first-order valence-corrected chi connectivity index (χ1v) is 9.34. The van der Waals surface area contributed by atoms with Crippen LogP contribution in [0.15, 0.2) is 53.4 Å². The van der Waals surface area contributed by atoms with Crippen LogP contribution in [0, 0.1) is 10.1 Å². The first kappa shape index (κ1) is 19.7. The van der Waals surface area contributed by atoms with Crippen molar-refractivity contribution in [2.45, 2.75) is 0 Å². The Morgan fingerprint density at radius 2 is 1.75 bits per heavy atom. The maximum atomic E-state index is 12.7. The second-order valence-corrected chi connectivity index (χ2v) is 7.79. The summed E-state index contributed by atoms with van der Waals surface area (Å²) in [5.41, 5.74) is 1.86. The van der Waals surface area contributed by atoms with Crippen LogP contribution in [0.5, 0.6) is 0 Å². The van der Waals surface area contributed by atoms with Gasteiger partial charge in [-0.1, -0.05) is 36.1 Å². The van der Waals surface area contributed by atoms with E-state index in [1.54, 1.807) is 6.08 Å². The zero-order chi connectivity index (χ0) is 20.4. The van der Waals surface area contributed by atoms with E-state index in [1.165, 1.54) is 24.3 Å². The van der Waals surface area contributed by atoms with Gasteiger partial charge >= 0.3 is 0 Å². The predicted molar refractivity (Wildman–Crippen MR) is 113 cm³/mol. The number of nitro groups is 1. The number of thioether (sulfide) groups is 1. The Kier molecular flexibility index (Phi) is 5.57. The molecule has 142 valence electrons. The normalized spacial score (nSPS) is 15.2. The molecular formula is C19H15N3O4S2. The van der Waals surface area contributed by atoms with Gasteiger partial charge in [0.15, 0.2) is 4.32 Å². The molecule has 2 amide bonds. The van der Waals surface area contributed by atoms with Gasteiger partial charge in [-0.2, -0.15) is 0 Å². The highest BCUT2D eigenvalue weighted by Gasteiger charge is 2.37. The van der Waals surface area contributed by atoms with Gasteiger partial charge in [0.2, 0.25) is 0 Å². The second-order valence-electron chi connectivity index (χ2n) is 6.11. The SMILES string of the molecule is CN(C)c1ccc(/C=C2/SC(=S)N(C(=O)c3ccc([N+](=O)[O-])cc3)C2=O)cc1. The predicted octanol–water partition coefficient (Wildman–Crippen LogP) is 3.70. The molecule has 3 rings (SSSR count). The summed E-state index contributed by atoms with van der Waals surface area (Å²) in [6.07, 6.45) is 1.68. The maximum Gasteiger partial charge on any atom is 0.273 e. The number of benzene rings is 2. The van der Waals surface area contributed by atoms with Crippen LogP contribution in [0.2, 0.25) is 0 Å². The highest BCUT2D eigenvalue weighted by molar-refractivity contribution is 8.26. The van der Waals surface area contributed by atoms with Crippen LogP contribution < -0.4 is 4.90 Å². The third kappa shape index (κ3) is 3.95. The monoisotopic (exact) mass is 413 g/mol. The smallest absolute Gasteiger partial charge is 0.273 e. The fraction of sp³-hybridized carbons (Fsp3) is 0.105. The number of carbonyl (C=O) groups is 2. The van der Waals surface area contributed by atoms with Crippen LogP contribution in [0.25, 0.3) is 6.08 Å². The minimum absolute atomic E-state index is 0.129. The summed E-state index contributed by atoms with van der Waals surface area (Å²) in [6.45, 7) is 0. The molecule has 1 saturated heterocycles. The van der Waals surface area contributed by atoms with Gasteiger partial charge in [0.05, 0.1) is 9.83 Å². The van der Waals surface area contributed by atoms with Gasteiger partial charge in [0.1, 0.15) is 0 Å². The lowest BCUT2D eigenvalue weighted by Crippen LogP contribution is -2.34. The minimum Gasteiger partial charge on any atom is -0.378 e. The molecule has 0 atom stereocenters. The number of hydrogen-bond acceptors (Lipinski definition) is 7. The molecule has 1 aliphatic rings. The van der Waals surface area contributed by atoms with E-state index in [1.807, 2.05) is 43.3 Å². The molecule has 28 heavy (non-hydrogen) atoms. The molecule has 1 heterocycles. The second kappa shape index (κ2) is 7.91. The molecule has 7 nitrogen and oxygen atoms in total. The average Bonchev–Trinajstić information content (AvgIpc) is 2.95. The van der Waals surface area contributed by atoms with E-state index in [0.29, 0.717) is 4.91 Å². The van der Waals surface area contributed by atoms with E-state index >= 15 is 0 Å². The van der Waals surface area contributed by atoms with Gasteiger partial charge in [-0.05, 0) is 35.9 Å². The Bertz CT molecular complexity index is 999. The van der Waals surface area contributed by atoms with Crippen molar-refractivity contribution in [2.75, 3.05) is 19.0 Å². The summed E-state index contributed by atoms with van der Waals surface area (Å²) in [5, 5.41) is 10.7. The lowest BCUT2D eigenvalue weighted by molar-refractivity contribution is -0.384. The molecule has 0 aromatic heterocycles. The van der Waals surface area contributed by atoms with Crippen LogP contribution in [-0.4, -0.2) is 40.1 Å². The Morgan fingerprint density at radius 1 is 1.14 bits per heavy atom. The number of hydrogen-bond donors (Lipinski definition) is 0. The molecule has 0 spiro atoms. The van der Waals surface area contributed by atoms with Crippen LogP contribution in [0.3, 0.4) is 0 Å². The number of anilines is 1. The topological polar surface area (TPSA) is 83.8 Å². The van der Waals surface area contributed by atoms with Gasteiger partial charge < -0.3 is 4.90 Å². The first-order chi connectivity index (χ1) is 13.3. The Labute approximate surface area is 170 Å². The highest BCUT2D eigenvalue weighted by Crippen LogP contribution is 2.34. The fourth-order valence-electron chi connectivity index (χ4n) is 2.52. The van der Waals surface area contributed by atoms with Gasteiger partial charge in [-0.15, -0.1) is 0 Å². The number of nitro benzene ring substituents is 1. The molecule has 0 N–H and O–H groups in total. The molecule has 1 fully saturated rings. The van der Waals surface area contributed by atoms with Crippen molar-refractivity contribution in [1.82, 2.24) is 4.90 Å². The van der Waals surface area contributed by atoms with Crippen molar-refractivity contribution >= 4 is 57.6 Å². The van der Waals surface area contributed by atoms with Crippen molar-refractivity contribution in [3.8, 4) is 0 Å². The van der Waals surface area contributed by atoms with E-state index in [9.17, 15) is 19.7 Å².